The summed E-state index contributed by atoms with van der Waals surface area (Å²) in [7, 11) is 1.52. The van der Waals surface area contributed by atoms with Crippen LogP contribution in [-0.2, 0) is 4.74 Å². The molecule has 1 aliphatic rings. The first-order chi connectivity index (χ1) is 10.1. The van der Waals surface area contributed by atoms with Crippen LogP contribution in [0.3, 0.4) is 0 Å². The minimum atomic E-state index is 0.245. The van der Waals surface area contributed by atoms with Crippen LogP contribution in [0.2, 0.25) is 0 Å². The Morgan fingerprint density at radius 1 is 1.38 bits per heavy atom. The second-order valence-electron chi connectivity index (χ2n) is 5.32. The van der Waals surface area contributed by atoms with E-state index in [1.165, 1.54) is 20.0 Å². The van der Waals surface area contributed by atoms with E-state index in [0.717, 1.165) is 29.4 Å². The van der Waals surface area contributed by atoms with Gasteiger partial charge < -0.3 is 26.5 Å². The molecule has 0 amide bonds. The van der Waals surface area contributed by atoms with Crippen LogP contribution in [0.25, 0.3) is 17.1 Å². The summed E-state index contributed by atoms with van der Waals surface area (Å²) in [4.78, 5) is 8.44. The van der Waals surface area contributed by atoms with E-state index in [2.05, 4.69) is 14.5 Å². The van der Waals surface area contributed by atoms with Gasteiger partial charge in [0.1, 0.15) is 11.5 Å². The second-order valence-corrected chi connectivity index (χ2v) is 5.32. The monoisotopic (exact) mass is 288 g/mol. The molecular weight excluding hydrogens is 268 g/mol. The lowest BCUT2D eigenvalue weighted by molar-refractivity contribution is 0.291. The van der Waals surface area contributed by atoms with E-state index >= 15 is 0 Å². The van der Waals surface area contributed by atoms with Gasteiger partial charge >= 0.3 is 0 Å². The molecule has 21 heavy (non-hydrogen) atoms. The molecule has 0 spiro atoms. The Labute approximate surface area is 122 Å². The molecule has 0 saturated heterocycles. The standard InChI is InChI=1S/C14H20N6O/c1-21-11(15)6-9-10-7-18-14(17)19-13(10)20(12(9)16)8-4-2-3-5-8/h6-8H,2-5,15-16H2,1H3,(H2,17,18,19)/b11-6+. The van der Waals surface area contributed by atoms with Gasteiger partial charge in [-0.3, -0.25) is 0 Å². The first-order valence-corrected chi connectivity index (χ1v) is 7.05. The topological polar surface area (TPSA) is 118 Å². The first kappa shape index (κ1) is 13.5. The quantitative estimate of drug-likeness (QED) is 0.738. The Kier molecular flexibility index (Phi) is 3.32. The van der Waals surface area contributed by atoms with Gasteiger partial charge in [0.25, 0.3) is 0 Å². The summed E-state index contributed by atoms with van der Waals surface area (Å²) in [5.41, 5.74) is 19.4. The maximum atomic E-state index is 6.35. The lowest BCUT2D eigenvalue weighted by Crippen LogP contribution is -2.10. The molecule has 0 aromatic carbocycles. The fraction of sp³-hybridized carbons (Fsp3) is 0.429. The van der Waals surface area contributed by atoms with Gasteiger partial charge in [-0.05, 0) is 12.8 Å². The van der Waals surface area contributed by atoms with Crippen LogP contribution in [0.5, 0.6) is 0 Å². The van der Waals surface area contributed by atoms with E-state index in [1.807, 2.05) is 0 Å². The predicted molar refractivity (Wildman–Crippen MR) is 83.0 cm³/mol. The van der Waals surface area contributed by atoms with Crippen LogP contribution >= 0.6 is 0 Å². The Morgan fingerprint density at radius 3 is 2.76 bits per heavy atom. The fourth-order valence-electron chi connectivity index (χ4n) is 3.03. The van der Waals surface area contributed by atoms with Crippen LogP contribution in [-0.4, -0.2) is 21.6 Å². The number of methoxy groups -OCH3 is 1. The van der Waals surface area contributed by atoms with Crippen LogP contribution in [0.1, 0.15) is 37.3 Å². The van der Waals surface area contributed by atoms with E-state index in [1.54, 1.807) is 12.3 Å². The molecule has 1 fully saturated rings. The number of ether oxygens (including phenoxy) is 1. The molecule has 0 atom stereocenters. The third-order valence-corrected chi connectivity index (χ3v) is 4.05. The predicted octanol–water partition coefficient (Wildman–Crippen LogP) is 1.61. The molecule has 0 unspecified atom stereocenters. The first-order valence-electron chi connectivity index (χ1n) is 7.05. The molecule has 0 radical (unpaired) electrons. The van der Waals surface area contributed by atoms with Crippen molar-refractivity contribution < 1.29 is 4.74 Å². The smallest absolute Gasteiger partial charge is 0.221 e. The lowest BCUT2D eigenvalue weighted by atomic mass is 10.2. The summed E-state index contributed by atoms with van der Waals surface area (Å²) >= 11 is 0. The van der Waals surface area contributed by atoms with E-state index in [9.17, 15) is 0 Å². The molecule has 1 aliphatic carbocycles. The zero-order valence-electron chi connectivity index (χ0n) is 12.0. The van der Waals surface area contributed by atoms with E-state index in [-0.39, 0.29) is 5.95 Å². The number of aromatic nitrogens is 3. The van der Waals surface area contributed by atoms with Crippen molar-refractivity contribution in [1.82, 2.24) is 14.5 Å². The minimum Gasteiger partial charge on any atom is -0.483 e. The number of hydrogen-bond donors (Lipinski definition) is 3. The fourth-order valence-corrected chi connectivity index (χ4v) is 3.03. The molecule has 2 aromatic rings. The third kappa shape index (κ3) is 2.24. The molecule has 0 bridgehead atoms. The Hall–Kier alpha value is -2.44. The summed E-state index contributed by atoms with van der Waals surface area (Å²) < 4.78 is 7.09. The molecule has 112 valence electrons. The molecule has 1 saturated carbocycles. The molecule has 7 nitrogen and oxygen atoms in total. The number of nitrogens with two attached hydrogens (primary N) is 3. The van der Waals surface area contributed by atoms with Crippen LogP contribution < -0.4 is 17.2 Å². The SMILES string of the molecule is CO/C(N)=C/c1c(N)n(C2CCCC2)c2nc(N)ncc12. The molecule has 7 heteroatoms. The van der Waals surface area contributed by atoms with Crippen molar-refractivity contribution in [2.75, 3.05) is 18.6 Å². The largest absolute Gasteiger partial charge is 0.483 e. The van der Waals surface area contributed by atoms with Crippen LogP contribution in [0.4, 0.5) is 11.8 Å². The molecular formula is C14H20N6O. The highest BCUT2D eigenvalue weighted by Crippen LogP contribution is 2.38. The van der Waals surface area contributed by atoms with Crippen molar-refractivity contribution in [2.45, 2.75) is 31.7 Å². The highest BCUT2D eigenvalue weighted by Gasteiger charge is 2.24. The van der Waals surface area contributed by atoms with Gasteiger partial charge in [0, 0.05) is 29.3 Å². The molecule has 6 N–H and O–H groups in total. The number of rotatable bonds is 3. The van der Waals surface area contributed by atoms with Crippen molar-refractivity contribution in [3.05, 3.63) is 17.6 Å². The summed E-state index contributed by atoms with van der Waals surface area (Å²) in [5.74, 6) is 1.18. The van der Waals surface area contributed by atoms with Gasteiger partial charge in [-0.2, -0.15) is 4.98 Å². The van der Waals surface area contributed by atoms with Crippen molar-refractivity contribution in [1.29, 1.82) is 0 Å². The third-order valence-electron chi connectivity index (χ3n) is 4.05. The van der Waals surface area contributed by atoms with Gasteiger partial charge in [-0.15, -0.1) is 0 Å². The van der Waals surface area contributed by atoms with Crippen molar-refractivity contribution in [3.8, 4) is 0 Å². The van der Waals surface area contributed by atoms with E-state index in [4.69, 9.17) is 21.9 Å². The zero-order valence-corrected chi connectivity index (χ0v) is 12.0. The van der Waals surface area contributed by atoms with Gasteiger partial charge in [-0.25, -0.2) is 4.98 Å². The van der Waals surface area contributed by atoms with E-state index < -0.39 is 0 Å². The lowest BCUT2D eigenvalue weighted by Gasteiger charge is -2.15. The summed E-state index contributed by atoms with van der Waals surface area (Å²) in [6.45, 7) is 0. The van der Waals surface area contributed by atoms with Gasteiger partial charge in [0.15, 0.2) is 5.88 Å². The van der Waals surface area contributed by atoms with Crippen LogP contribution in [0, 0.1) is 0 Å². The van der Waals surface area contributed by atoms with Gasteiger partial charge in [0.2, 0.25) is 5.95 Å². The summed E-state index contributed by atoms with van der Waals surface area (Å²) in [6.07, 6.45) is 8.00. The second kappa shape index (κ2) is 5.16. The molecule has 3 rings (SSSR count). The van der Waals surface area contributed by atoms with Gasteiger partial charge in [0.05, 0.1) is 7.11 Å². The number of nitrogen functional groups attached to an aromatic ring is 2. The van der Waals surface area contributed by atoms with Gasteiger partial charge in [-0.1, -0.05) is 12.8 Å². The van der Waals surface area contributed by atoms with Crippen LogP contribution in [0.15, 0.2) is 12.1 Å². The molecule has 0 aliphatic heterocycles. The summed E-state index contributed by atoms with van der Waals surface area (Å²) in [5, 5.41) is 0.841. The van der Waals surface area contributed by atoms with Crippen molar-refractivity contribution in [3.63, 3.8) is 0 Å². The maximum absolute atomic E-state index is 6.35. The van der Waals surface area contributed by atoms with E-state index in [0.29, 0.717) is 17.7 Å². The average Bonchev–Trinajstić information content (AvgIpc) is 3.06. The van der Waals surface area contributed by atoms with Crippen molar-refractivity contribution >= 4 is 28.9 Å². The number of nitrogens with zero attached hydrogens (tertiary/aromatic N) is 3. The highest BCUT2D eigenvalue weighted by atomic mass is 16.5. The Balaban J connectivity index is 2.25. The number of anilines is 2. The summed E-state index contributed by atoms with van der Waals surface area (Å²) in [6, 6.07) is 0.354. The number of hydrogen-bond acceptors (Lipinski definition) is 6. The minimum absolute atomic E-state index is 0.245. The highest BCUT2D eigenvalue weighted by molar-refractivity contribution is 5.93. The zero-order chi connectivity index (χ0) is 15.0. The molecule has 2 heterocycles. The maximum Gasteiger partial charge on any atom is 0.221 e. The van der Waals surface area contributed by atoms with Crippen molar-refractivity contribution in [2.24, 2.45) is 5.73 Å². The molecule has 2 aromatic heterocycles. The average molecular weight is 288 g/mol. The Morgan fingerprint density at radius 2 is 2.10 bits per heavy atom. The Bertz CT molecular complexity index is 699. The normalized spacial score (nSPS) is 16.7. The number of fused-ring (bicyclic) bond motifs is 1.